The van der Waals surface area contributed by atoms with E-state index in [-0.39, 0.29) is 0 Å². The van der Waals surface area contributed by atoms with Crippen molar-refractivity contribution in [2.24, 2.45) is 10.9 Å². The lowest BCUT2D eigenvalue weighted by atomic mass is 9.96. The minimum atomic E-state index is 0.717. The lowest BCUT2D eigenvalue weighted by Crippen LogP contribution is -2.44. The SMILES string of the molecule is CC1CCC(c2ccc(N3CCN(C)CC3)c(Cl)c2)=NC1. The Morgan fingerprint density at radius 1 is 1.19 bits per heavy atom. The molecule has 21 heavy (non-hydrogen) atoms. The van der Waals surface area contributed by atoms with E-state index in [1.165, 1.54) is 23.4 Å². The molecule has 0 bridgehead atoms. The predicted molar refractivity (Wildman–Crippen MR) is 91.0 cm³/mol. The van der Waals surface area contributed by atoms with Crippen molar-refractivity contribution in [1.29, 1.82) is 0 Å². The van der Waals surface area contributed by atoms with Gasteiger partial charge in [0.2, 0.25) is 0 Å². The van der Waals surface area contributed by atoms with Crippen molar-refractivity contribution in [2.75, 3.05) is 44.7 Å². The van der Waals surface area contributed by atoms with Crippen LogP contribution >= 0.6 is 11.6 Å². The van der Waals surface area contributed by atoms with Crippen LogP contribution in [0.4, 0.5) is 5.69 Å². The average Bonchev–Trinajstić information content (AvgIpc) is 2.49. The van der Waals surface area contributed by atoms with E-state index in [1.807, 2.05) is 0 Å². The van der Waals surface area contributed by atoms with Gasteiger partial charge < -0.3 is 9.80 Å². The summed E-state index contributed by atoms with van der Waals surface area (Å²) in [5.41, 5.74) is 3.59. The van der Waals surface area contributed by atoms with Gasteiger partial charge in [-0.15, -0.1) is 0 Å². The molecule has 0 spiro atoms. The topological polar surface area (TPSA) is 18.8 Å². The number of piperazine rings is 1. The zero-order valence-electron chi connectivity index (χ0n) is 13.0. The third-order valence-electron chi connectivity index (χ3n) is 4.59. The fourth-order valence-corrected chi connectivity index (χ4v) is 3.35. The first-order valence-electron chi connectivity index (χ1n) is 7.90. The molecule has 0 radical (unpaired) electrons. The molecule has 2 heterocycles. The molecule has 114 valence electrons. The Labute approximate surface area is 132 Å². The molecule has 3 rings (SSSR count). The highest BCUT2D eigenvalue weighted by Crippen LogP contribution is 2.29. The zero-order chi connectivity index (χ0) is 14.8. The summed E-state index contributed by atoms with van der Waals surface area (Å²) in [4.78, 5) is 9.46. The Morgan fingerprint density at radius 2 is 1.95 bits per heavy atom. The van der Waals surface area contributed by atoms with Crippen LogP contribution in [0.1, 0.15) is 25.3 Å². The number of aliphatic imine (C=N–C) groups is 1. The second kappa shape index (κ2) is 6.37. The minimum Gasteiger partial charge on any atom is -0.368 e. The molecule has 0 amide bonds. The molecular weight excluding hydrogens is 282 g/mol. The number of rotatable bonds is 2. The molecule has 2 aliphatic rings. The molecule has 1 aromatic carbocycles. The van der Waals surface area contributed by atoms with E-state index in [2.05, 4.69) is 42.0 Å². The van der Waals surface area contributed by atoms with Crippen LogP contribution in [0.2, 0.25) is 5.02 Å². The molecule has 1 atom stereocenters. The number of likely N-dealkylation sites (N-methyl/N-ethyl adjacent to an activating group) is 1. The molecule has 0 aromatic heterocycles. The third-order valence-corrected chi connectivity index (χ3v) is 4.90. The van der Waals surface area contributed by atoms with Gasteiger partial charge in [-0.05, 0) is 43.5 Å². The highest BCUT2D eigenvalue weighted by atomic mass is 35.5. The molecule has 0 saturated carbocycles. The Balaban J connectivity index is 1.77. The lowest BCUT2D eigenvalue weighted by molar-refractivity contribution is 0.313. The van der Waals surface area contributed by atoms with Crippen molar-refractivity contribution in [1.82, 2.24) is 4.90 Å². The third kappa shape index (κ3) is 3.41. The Bertz CT molecular complexity index is 533. The smallest absolute Gasteiger partial charge is 0.0646 e. The quantitative estimate of drug-likeness (QED) is 0.835. The van der Waals surface area contributed by atoms with Crippen LogP contribution in [-0.2, 0) is 0 Å². The van der Waals surface area contributed by atoms with Gasteiger partial charge in [-0.3, -0.25) is 4.99 Å². The number of benzene rings is 1. The van der Waals surface area contributed by atoms with Gasteiger partial charge in [0.15, 0.2) is 0 Å². The highest BCUT2D eigenvalue weighted by molar-refractivity contribution is 6.33. The first-order valence-corrected chi connectivity index (χ1v) is 8.28. The molecule has 0 N–H and O–H groups in total. The van der Waals surface area contributed by atoms with E-state index >= 15 is 0 Å². The number of nitrogens with zero attached hydrogens (tertiary/aromatic N) is 3. The van der Waals surface area contributed by atoms with Crippen LogP contribution in [0.3, 0.4) is 0 Å². The number of anilines is 1. The molecule has 1 saturated heterocycles. The second-order valence-corrected chi connectivity index (χ2v) is 6.79. The van der Waals surface area contributed by atoms with Gasteiger partial charge in [-0.25, -0.2) is 0 Å². The van der Waals surface area contributed by atoms with Crippen molar-refractivity contribution in [3.8, 4) is 0 Å². The Morgan fingerprint density at radius 3 is 2.57 bits per heavy atom. The fourth-order valence-electron chi connectivity index (χ4n) is 3.05. The van der Waals surface area contributed by atoms with Crippen molar-refractivity contribution in [3.63, 3.8) is 0 Å². The Kier molecular flexibility index (Phi) is 4.51. The summed E-state index contributed by atoms with van der Waals surface area (Å²) in [7, 11) is 2.17. The van der Waals surface area contributed by atoms with Gasteiger partial charge in [-0.1, -0.05) is 24.6 Å². The van der Waals surface area contributed by atoms with Crippen molar-refractivity contribution < 1.29 is 0 Å². The van der Waals surface area contributed by atoms with E-state index in [9.17, 15) is 0 Å². The van der Waals surface area contributed by atoms with Gasteiger partial charge >= 0.3 is 0 Å². The standard InChI is InChI=1S/C17H24ClN3/c1-13-3-5-16(19-12-13)14-4-6-17(15(18)11-14)21-9-7-20(2)8-10-21/h4,6,11,13H,3,5,7-10,12H2,1-2H3. The molecule has 4 heteroatoms. The molecule has 1 aromatic rings. The van der Waals surface area contributed by atoms with Crippen molar-refractivity contribution >= 4 is 23.0 Å². The largest absolute Gasteiger partial charge is 0.368 e. The maximum atomic E-state index is 6.54. The van der Waals surface area contributed by atoms with E-state index < -0.39 is 0 Å². The van der Waals surface area contributed by atoms with E-state index in [0.717, 1.165) is 44.2 Å². The number of halogens is 1. The normalized spacial score (nSPS) is 24.0. The fraction of sp³-hybridized carbons (Fsp3) is 0.588. The maximum Gasteiger partial charge on any atom is 0.0646 e. The number of hydrogen-bond acceptors (Lipinski definition) is 3. The van der Waals surface area contributed by atoms with Gasteiger partial charge in [0.25, 0.3) is 0 Å². The maximum absolute atomic E-state index is 6.54. The van der Waals surface area contributed by atoms with Crippen LogP contribution in [0.15, 0.2) is 23.2 Å². The van der Waals surface area contributed by atoms with Crippen molar-refractivity contribution in [2.45, 2.75) is 19.8 Å². The average molecular weight is 306 g/mol. The van der Waals surface area contributed by atoms with E-state index in [1.54, 1.807) is 0 Å². The Hall–Kier alpha value is -1.06. The zero-order valence-corrected chi connectivity index (χ0v) is 13.7. The monoisotopic (exact) mass is 305 g/mol. The van der Waals surface area contributed by atoms with Gasteiger partial charge in [0, 0.05) is 38.4 Å². The first-order chi connectivity index (χ1) is 10.1. The number of hydrogen-bond donors (Lipinski definition) is 0. The summed E-state index contributed by atoms with van der Waals surface area (Å²) < 4.78 is 0. The first kappa shape index (κ1) is 14.9. The summed E-state index contributed by atoms with van der Waals surface area (Å²) in [5, 5.41) is 0.860. The van der Waals surface area contributed by atoms with Crippen LogP contribution in [0.5, 0.6) is 0 Å². The minimum absolute atomic E-state index is 0.717. The van der Waals surface area contributed by atoms with Gasteiger partial charge in [-0.2, -0.15) is 0 Å². The van der Waals surface area contributed by atoms with Crippen LogP contribution in [0.25, 0.3) is 0 Å². The summed E-state index contributed by atoms with van der Waals surface area (Å²) in [6.45, 7) is 7.52. The van der Waals surface area contributed by atoms with Gasteiger partial charge in [0.1, 0.15) is 0 Å². The molecule has 1 unspecified atom stereocenters. The molecule has 1 fully saturated rings. The summed E-state index contributed by atoms with van der Waals surface area (Å²) in [5.74, 6) is 0.717. The lowest BCUT2D eigenvalue weighted by Gasteiger charge is -2.34. The van der Waals surface area contributed by atoms with Crippen LogP contribution < -0.4 is 4.90 Å². The molecule has 2 aliphatic heterocycles. The predicted octanol–water partition coefficient (Wildman–Crippen LogP) is 3.31. The van der Waals surface area contributed by atoms with Crippen LogP contribution in [0, 0.1) is 5.92 Å². The summed E-state index contributed by atoms with van der Waals surface area (Å²) in [6, 6.07) is 6.46. The molecule has 3 nitrogen and oxygen atoms in total. The van der Waals surface area contributed by atoms with E-state index in [0.29, 0.717) is 5.92 Å². The summed E-state index contributed by atoms with van der Waals surface area (Å²) in [6.07, 6.45) is 2.31. The summed E-state index contributed by atoms with van der Waals surface area (Å²) >= 11 is 6.54. The second-order valence-electron chi connectivity index (χ2n) is 6.39. The molecular formula is C17H24ClN3. The van der Waals surface area contributed by atoms with Gasteiger partial charge in [0.05, 0.1) is 10.7 Å². The molecule has 0 aliphatic carbocycles. The van der Waals surface area contributed by atoms with E-state index in [4.69, 9.17) is 16.6 Å². The van der Waals surface area contributed by atoms with Crippen molar-refractivity contribution in [3.05, 3.63) is 28.8 Å². The highest BCUT2D eigenvalue weighted by Gasteiger charge is 2.18. The van der Waals surface area contributed by atoms with Crippen LogP contribution in [-0.4, -0.2) is 50.4 Å².